The van der Waals surface area contributed by atoms with Crippen LogP contribution < -0.4 is 5.32 Å². The Labute approximate surface area is 123 Å². The van der Waals surface area contributed by atoms with Gasteiger partial charge in [0.15, 0.2) is 5.82 Å². The summed E-state index contributed by atoms with van der Waals surface area (Å²) in [5, 5.41) is 10.5. The zero-order chi connectivity index (χ0) is 14.2. The maximum Gasteiger partial charge on any atom is 0.161 e. The maximum atomic E-state index is 4.65. The van der Waals surface area contributed by atoms with E-state index in [1.165, 1.54) is 23.8 Å². The summed E-state index contributed by atoms with van der Waals surface area (Å²) < 4.78 is 1.86. The molecule has 1 N–H and O–H groups in total. The number of nitrogens with one attached hydrogen (secondary N) is 1. The van der Waals surface area contributed by atoms with Crippen molar-refractivity contribution in [2.45, 2.75) is 32.4 Å². The quantitative estimate of drug-likeness (QED) is 0.798. The second-order valence-electron chi connectivity index (χ2n) is 5.71. The van der Waals surface area contributed by atoms with Crippen LogP contribution in [0.1, 0.15) is 24.1 Å². The highest BCUT2D eigenvalue weighted by atomic mass is 15.3. The highest BCUT2D eigenvalue weighted by Gasteiger charge is 2.20. The zero-order valence-electron chi connectivity index (χ0n) is 12.1. The summed E-state index contributed by atoms with van der Waals surface area (Å²) in [5.74, 6) is 0.897. The number of fused-ring (bicyclic) bond motifs is 1. The minimum atomic E-state index is 0.706. The molecule has 0 unspecified atom stereocenters. The molecule has 0 atom stereocenters. The lowest BCUT2D eigenvalue weighted by atomic mass is 10.1. The van der Waals surface area contributed by atoms with Crippen molar-refractivity contribution in [2.75, 3.05) is 0 Å². The average Bonchev–Trinajstić information content (AvgIpc) is 3.25. The Morgan fingerprint density at radius 3 is 2.71 bits per heavy atom. The number of rotatable bonds is 4. The van der Waals surface area contributed by atoms with Gasteiger partial charge >= 0.3 is 0 Å². The highest BCUT2D eigenvalue weighted by molar-refractivity contribution is 5.90. The molecule has 21 heavy (non-hydrogen) atoms. The second-order valence-corrected chi connectivity index (χ2v) is 5.71. The summed E-state index contributed by atoms with van der Waals surface area (Å²) in [5.41, 5.74) is 2.26. The molecule has 1 fully saturated rings. The van der Waals surface area contributed by atoms with Gasteiger partial charge < -0.3 is 5.32 Å². The Kier molecular flexibility index (Phi) is 2.97. The summed E-state index contributed by atoms with van der Waals surface area (Å²) in [6.07, 6.45) is 6.54. The molecule has 3 aromatic rings. The molecule has 1 saturated carbocycles. The summed E-state index contributed by atoms with van der Waals surface area (Å²) in [7, 11) is 0. The van der Waals surface area contributed by atoms with Crippen LogP contribution in [0.5, 0.6) is 0 Å². The van der Waals surface area contributed by atoms with Crippen molar-refractivity contribution >= 4 is 10.8 Å². The molecule has 0 amide bonds. The Hall–Kier alpha value is -2.20. The number of hydrogen-bond donors (Lipinski definition) is 1. The van der Waals surface area contributed by atoms with Gasteiger partial charge in [-0.1, -0.05) is 24.3 Å². The average molecular weight is 278 g/mol. The van der Waals surface area contributed by atoms with E-state index in [1.807, 2.05) is 30.1 Å². The van der Waals surface area contributed by atoms with Crippen molar-refractivity contribution in [3.63, 3.8) is 0 Å². The molecule has 106 valence electrons. The first-order chi connectivity index (χ1) is 10.3. The first-order valence-electron chi connectivity index (χ1n) is 7.44. The van der Waals surface area contributed by atoms with E-state index in [0.29, 0.717) is 6.04 Å². The number of pyridine rings is 1. The Balaban J connectivity index is 1.80. The minimum Gasteiger partial charge on any atom is -0.310 e. The van der Waals surface area contributed by atoms with Crippen molar-refractivity contribution in [1.82, 2.24) is 20.1 Å². The van der Waals surface area contributed by atoms with Crippen LogP contribution in [-0.2, 0) is 6.54 Å². The molecule has 1 aliphatic rings. The van der Waals surface area contributed by atoms with Gasteiger partial charge in [-0.3, -0.25) is 0 Å². The SMILES string of the molecule is Cc1ccn(-c2ncc(CNC3CC3)c3ccccc23)n1. The third-order valence-corrected chi connectivity index (χ3v) is 3.95. The first-order valence-corrected chi connectivity index (χ1v) is 7.44. The van der Waals surface area contributed by atoms with Crippen LogP contribution in [0.15, 0.2) is 42.7 Å². The van der Waals surface area contributed by atoms with Crippen LogP contribution in [0.2, 0.25) is 0 Å². The highest BCUT2D eigenvalue weighted by Crippen LogP contribution is 2.25. The van der Waals surface area contributed by atoms with Gasteiger partial charge in [0.25, 0.3) is 0 Å². The van der Waals surface area contributed by atoms with E-state index in [9.17, 15) is 0 Å². The van der Waals surface area contributed by atoms with Crippen LogP contribution in [0.25, 0.3) is 16.6 Å². The standard InChI is InChI=1S/C17H18N4/c1-12-8-9-21(20-12)17-16-5-3-2-4-15(16)13(11-19-17)10-18-14-6-7-14/h2-5,8-9,11,14,18H,6-7,10H2,1H3. The lowest BCUT2D eigenvalue weighted by Crippen LogP contribution is -2.16. The fourth-order valence-electron chi connectivity index (χ4n) is 2.63. The predicted molar refractivity (Wildman–Crippen MR) is 83.5 cm³/mol. The molecule has 4 nitrogen and oxygen atoms in total. The molecule has 4 rings (SSSR count). The van der Waals surface area contributed by atoms with Gasteiger partial charge in [-0.25, -0.2) is 9.67 Å². The van der Waals surface area contributed by atoms with E-state index in [-0.39, 0.29) is 0 Å². The predicted octanol–water partition coefficient (Wildman–Crippen LogP) is 2.98. The van der Waals surface area contributed by atoms with Crippen molar-refractivity contribution < 1.29 is 0 Å². The van der Waals surface area contributed by atoms with Crippen molar-refractivity contribution in [3.8, 4) is 5.82 Å². The van der Waals surface area contributed by atoms with E-state index in [1.54, 1.807) is 0 Å². The maximum absolute atomic E-state index is 4.65. The van der Waals surface area contributed by atoms with Crippen LogP contribution in [0, 0.1) is 6.92 Å². The molecule has 0 spiro atoms. The molecular formula is C17H18N4. The van der Waals surface area contributed by atoms with E-state index in [4.69, 9.17) is 0 Å². The van der Waals surface area contributed by atoms with E-state index in [2.05, 4.69) is 39.7 Å². The topological polar surface area (TPSA) is 42.7 Å². The smallest absolute Gasteiger partial charge is 0.161 e. The van der Waals surface area contributed by atoms with E-state index < -0.39 is 0 Å². The normalized spacial score (nSPS) is 14.7. The van der Waals surface area contributed by atoms with Crippen LogP contribution in [0.4, 0.5) is 0 Å². The largest absolute Gasteiger partial charge is 0.310 e. The molecule has 1 aromatic carbocycles. The van der Waals surface area contributed by atoms with Gasteiger partial charge in [-0.15, -0.1) is 0 Å². The Morgan fingerprint density at radius 1 is 1.19 bits per heavy atom. The molecule has 1 aliphatic carbocycles. The second kappa shape index (κ2) is 4.97. The lowest BCUT2D eigenvalue weighted by Gasteiger charge is -2.11. The number of aryl methyl sites for hydroxylation is 1. The molecule has 0 aliphatic heterocycles. The van der Waals surface area contributed by atoms with Gasteiger partial charge in [0.05, 0.1) is 5.69 Å². The van der Waals surface area contributed by atoms with E-state index >= 15 is 0 Å². The summed E-state index contributed by atoms with van der Waals surface area (Å²) >= 11 is 0. The monoisotopic (exact) mass is 278 g/mol. The van der Waals surface area contributed by atoms with Gasteiger partial charge in [0.1, 0.15) is 0 Å². The summed E-state index contributed by atoms with van der Waals surface area (Å²) in [6.45, 7) is 2.88. The number of nitrogens with zero attached hydrogens (tertiary/aromatic N) is 3. The molecular weight excluding hydrogens is 260 g/mol. The fraction of sp³-hybridized carbons (Fsp3) is 0.294. The molecule has 2 heterocycles. The van der Waals surface area contributed by atoms with Crippen molar-refractivity contribution in [3.05, 3.63) is 54.0 Å². The van der Waals surface area contributed by atoms with Crippen molar-refractivity contribution in [1.29, 1.82) is 0 Å². The minimum absolute atomic E-state index is 0.706. The van der Waals surface area contributed by atoms with Gasteiger partial charge in [0, 0.05) is 30.4 Å². The lowest BCUT2D eigenvalue weighted by molar-refractivity contribution is 0.688. The Morgan fingerprint density at radius 2 is 2.00 bits per heavy atom. The number of hydrogen-bond acceptors (Lipinski definition) is 3. The van der Waals surface area contributed by atoms with Crippen LogP contribution in [0.3, 0.4) is 0 Å². The number of aromatic nitrogens is 3. The Bertz CT molecular complexity index is 786. The van der Waals surface area contributed by atoms with Crippen molar-refractivity contribution in [2.24, 2.45) is 0 Å². The van der Waals surface area contributed by atoms with Crippen LogP contribution in [-0.4, -0.2) is 20.8 Å². The summed E-state index contributed by atoms with van der Waals surface area (Å²) in [4.78, 5) is 4.65. The first kappa shape index (κ1) is 12.5. The number of benzene rings is 1. The fourth-order valence-corrected chi connectivity index (χ4v) is 2.63. The molecule has 0 bridgehead atoms. The molecule has 0 saturated heterocycles. The molecule has 4 heteroatoms. The van der Waals surface area contributed by atoms with E-state index in [0.717, 1.165) is 23.4 Å². The molecule has 0 radical (unpaired) electrons. The zero-order valence-corrected chi connectivity index (χ0v) is 12.1. The van der Waals surface area contributed by atoms with Gasteiger partial charge in [-0.2, -0.15) is 5.10 Å². The van der Waals surface area contributed by atoms with Gasteiger partial charge in [-0.05, 0) is 36.8 Å². The third kappa shape index (κ3) is 2.43. The third-order valence-electron chi connectivity index (χ3n) is 3.95. The van der Waals surface area contributed by atoms with Crippen LogP contribution >= 0.6 is 0 Å². The summed E-state index contributed by atoms with van der Waals surface area (Å²) in [6, 6.07) is 11.1. The van der Waals surface area contributed by atoms with Gasteiger partial charge in [0.2, 0.25) is 0 Å². The molecule has 2 aromatic heterocycles.